The maximum atomic E-state index is 13.3. The van der Waals surface area contributed by atoms with Crippen molar-refractivity contribution in [2.24, 2.45) is 0 Å². The number of aryl methyl sites for hydroxylation is 1. The molecule has 0 fully saturated rings. The van der Waals surface area contributed by atoms with E-state index in [4.69, 9.17) is 4.74 Å². The molecule has 8 nitrogen and oxygen atoms in total. The SMILES string of the molecule is CCC[C@@H]1NCCOc2ccccc2CCCNC(=O)[C@@H](Cc2ccccc2)NC(=O)[C@@H](C)N(C)C1=O. The fourth-order valence-corrected chi connectivity index (χ4v) is 4.42. The molecule has 0 spiro atoms. The van der Waals surface area contributed by atoms with Crippen molar-refractivity contribution in [3.05, 3.63) is 65.7 Å². The Kier molecular flexibility index (Phi) is 11.0. The molecular formula is C29H40N4O4. The van der Waals surface area contributed by atoms with Crippen molar-refractivity contribution < 1.29 is 19.1 Å². The lowest BCUT2D eigenvalue weighted by molar-refractivity contribution is -0.141. The molecule has 37 heavy (non-hydrogen) atoms. The molecule has 0 aromatic heterocycles. The number of ether oxygens (including phenoxy) is 1. The topological polar surface area (TPSA) is 99.8 Å². The normalized spacial score (nSPS) is 22.6. The molecule has 3 rings (SSSR count). The Bertz CT molecular complexity index is 1030. The third kappa shape index (κ3) is 8.32. The lowest BCUT2D eigenvalue weighted by atomic mass is 10.0. The first-order valence-electron chi connectivity index (χ1n) is 13.2. The van der Waals surface area contributed by atoms with Crippen molar-refractivity contribution in [2.75, 3.05) is 26.7 Å². The van der Waals surface area contributed by atoms with Gasteiger partial charge in [-0.25, -0.2) is 0 Å². The van der Waals surface area contributed by atoms with E-state index >= 15 is 0 Å². The van der Waals surface area contributed by atoms with Gasteiger partial charge in [0, 0.05) is 26.6 Å². The zero-order valence-electron chi connectivity index (χ0n) is 22.2. The van der Waals surface area contributed by atoms with Crippen LogP contribution in [0.1, 0.15) is 44.2 Å². The third-order valence-corrected chi connectivity index (χ3v) is 6.74. The molecule has 0 saturated heterocycles. The lowest BCUT2D eigenvalue weighted by Crippen LogP contribution is -2.56. The van der Waals surface area contributed by atoms with E-state index in [2.05, 4.69) is 16.0 Å². The summed E-state index contributed by atoms with van der Waals surface area (Å²) in [7, 11) is 1.63. The molecule has 0 saturated carbocycles. The summed E-state index contributed by atoms with van der Waals surface area (Å²) in [6, 6.07) is 15.6. The molecule has 1 aliphatic heterocycles. The second-order valence-electron chi connectivity index (χ2n) is 9.52. The average Bonchev–Trinajstić information content (AvgIpc) is 2.91. The molecule has 3 amide bonds. The van der Waals surface area contributed by atoms with Gasteiger partial charge in [-0.05, 0) is 43.4 Å². The first-order valence-corrected chi connectivity index (χ1v) is 13.2. The van der Waals surface area contributed by atoms with E-state index < -0.39 is 18.1 Å². The largest absolute Gasteiger partial charge is 0.492 e. The Hall–Kier alpha value is -3.39. The van der Waals surface area contributed by atoms with Crippen LogP contribution in [0.25, 0.3) is 0 Å². The van der Waals surface area contributed by atoms with Crippen molar-refractivity contribution in [3.63, 3.8) is 0 Å². The number of fused-ring (bicyclic) bond motifs is 1. The van der Waals surface area contributed by atoms with E-state index in [0.29, 0.717) is 32.5 Å². The predicted octanol–water partition coefficient (Wildman–Crippen LogP) is 2.46. The molecule has 1 aliphatic rings. The minimum atomic E-state index is -0.750. The fourth-order valence-electron chi connectivity index (χ4n) is 4.42. The summed E-state index contributed by atoms with van der Waals surface area (Å²) in [5.74, 6) is 0.0558. The van der Waals surface area contributed by atoms with Crippen LogP contribution in [0, 0.1) is 0 Å². The van der Waals surface area contributed by atoms with Crippen LogP contribution in [0.5, 0.6) is 5.75 Å². The molecule has 3 N–H and O–H groups in total. The summed E-state index contributed by atoms with van der Waals surface area (Å²) in [6.45, 7) is 5.11. The van der Waals surface area contributed by atoms with Crippen molar-refractivity contribution in [3.8, 4) is 5.75 Å². The predicted molar refractivity (Wildman–Crippen MR) is 144 cm³/mol. The van der Waals surface area contributed by atoms with Crippen molar-refractivity contribution in [1.82, 2.24) is 20.9 Å². The van der Waals surface area contributed by atoms with Gasteiger partial charge in [-0.15, -0.1) is 0 Å². The number of likely N-dealkylation sites (N-methyl/N-ethyl adjacent to an activating group) is 1. The molecule has 0 bridgehead atoms. The van der Waals surface area contributed by atoms with Crippen LogP contribution < -0.4 is 20.7 Å². The molecule has 0 unspecified atom stereocenters. The number of para-hydroxylation sites is 1. The lowest BCUT2D eigenvalue weighted by Gasteiger charge is -2.30. The van der Waals surface area contributed by atoms with E-state index in [0.717, 1.165) is 36.1 Å². The van der Waals surface area contributed by atoms with E-state index in [9.17, 15) is 14.4 Å². The van der Waals surface area contributed by atoms with Crippen LogP contribution >= 0.6 is 0 Å². The Labute approximate surface area is 220 Å². The molecule has 1 heterocycles. The molecule has 200 valence electrons. The second-order valence-corrected chi connectivity index (χ2v) is 9.52. The van der Waals surface area contributed by atoms with Crippen LogP contribution in [-0.4, -0.2) is 67.5 Å². The standard InChI is InChI=1S/C29H40N4O4/c1-4-11-24-29(36)33(3)21(2)27(34)32-25(20-22-12-6-5-7-13-22)28(35)31-17-10-15-23-14-8-9-16-26(23)37-19-18-30-24/h5-9,12-14,16,21,24-25,30H,4,10-11,15,17-20H2,1-3H3,(H,31,35)(H,32,34)/t21-,24+,25-/m1/s1. The molecule has 3 atom stereocenters. The van der Waals surface area contributed by atoms with Gasteiger partial charge < -0.3 is 25.6 Å². The smallest absolute Gasteiger partial charge is 0.243 e. The third-order valence-electron chi connectivity index (χ3n) is 6.74. The number of carbonyl (C=O) groups is 3. The summed E-state index contributed by atoms with van der Waals surface area (Å²) >= 11 is 0. The zero-order chi connectivity index (χ0) is 26.6. The Morgan fingerprint density at radius 3 is 2.43 bits per heavy atom. The average molecular weight is 509 g/mol. The van der Waals surface area contributed by atoms with Crippen molar-refractivity contribution in [1.29, 1.82) is 0 Å². The maximum Gasteiger partial charge on any atom is 0.243 e. The number of hydrogen-bond donors (Lipinski definition) is 3. The number of hydrogen-bond acceptors (Lipinski definition) is 5. The van der Waals surface area contributed by atoms with Gasteiger partial charge in [0.25, 0.3) is 0 Å². The monoisotopic (exact) mass is 508 g/mol. The fraction of sp³-hybridized carbons (Fsp3) is 0.483. The minimum Gasteiger partial charge on any atom is -0.492 e. The summed E-state index contributed by atoms with van der Waals surface area (Å²) < 4.78 is 6.03. The molecule has 0 radical (unpaired) electrons. The van der Waals surface area contributed by atoms with Gasteiger partial charge in [0.15, 0.2) is 0 Å². The van der Waals surface area contributed by atoms with Crippen molar-refractivity contribution >= 4 is 17.7 Å². The first kappa shape index (κ1) is 28.2. The number of nitrogens with one attached hydrogen (secondary N) is 3. The molecule has 8 heteroatoms. The highest BCUT2D eigenvalue weighted by atomic mass is 16.5. The van der Waals surface area contributed by atoms with Gasteiger partial charge in [-0.3, -0.25) is 14.4 Å². The molecule has 2 aromatic carbocycles. The number of amides is 3. The van der Waals surface area contributed by atoms with E-state index in [1.54, 1.807) is 14.0 Å². The summed E-state index contributed by atoms with van der Waals surface area (Å²) in [6.07, 6.45) is 3.31. The number of rotatable bonds is 4. The highest BCUT2D eigenvalue weighted by Gasteiger charge is 2.30. The molecule has 2 aromatic rings. The van der Waals surface area contributed by atoms with Crippen LogP contribution in [0.15, 0.2) is 54.6 Å². The van der Waals surface area contributed by atoms with E-state index in [1.165, 1.54) is 4.90 Å². The number of nitrogens with zero attached hydrogens (tertiary/aromatic N) is 1. The molecular weight excluding hydrogens is 468 g/mol. The van der Waals surface area contributed by atoms with Gasteiger partial charge in [-0.1, -0.05) is 61.9 Å². The van der Waals surface area contributed by atoms with Gasteiger partial charge in [0.05, 0.1) is 6.04 Å². The Balaban J connectivity index is 1.82. The maximum absolute atomic E-state index is 13.3. The number of benzene rings is 2. The van der Waals surface area contributed by atoms with Crippen LogP contribution in [-0.2, 0) is 27.2 Å². The highest BCUT2D eigenvalue weighted by Crippen LogP contribution is 2.19. The van der Waals surface area contributed by atoms with Gasteiger partial charge in [-0.2, -0.15) is 0 Å². The summed E-state index contributed by atoms with van der Waals surface area (Å²) in [5, 5.41) is 9.19. The van der Waals surface area contributed by atoms with Gasteiger partial charge in [0.1, 0.15) is 24.4 Å². The first-order chi connectivity index (χ1) is 17.9. The van der Waals surface area contributed by atoms with Crippen LogP contribution in [0.3, 0.4) is 0 Å². The molecule has 0 aliphatic carbocycles. The summed E-state index contributed by atoms with van der Waals surface area (Å²) in [5.41, 5.74) is 2.02. The second kappa shape index (κ2) is 14.4. The highest BCUT2D eigenvalue weighted by molar-refractivity contribution is 5.92. The number of carbonyl (C=O) groups excluding carboxylic acids is 3. The van der Waals surface area contributed by atoms with Crippen molar-refractivity contribution in [2.45, 2.75) is 64.1 Å². The van der Waals surface area contributed by atoms with Gasteiger partial charge in [0.2, 0.25) is 17.7 Å². The van der Waals surface area contributed by atoms with E-state index in [1.807, 2.05) is 61.5 Å². The van der Waals surface area contributed by atoms with Gasteiger partial charge >= 0.3 is 0 Å². The Morgan fingerprint density at radius 1 is 0.946 bits per heavy atom. The van der Waals surface area contributed by atoms with Crippen LogP contribution in [0.4, 0.5) is 0 Å². The van der Waals surface area contributed by atoms with Crippen LogP contribution in [0.2, 0.25) is 0 Å². The Morgan fingerprint density at radius 2 is 1.68 bits per heavy atom. The minimum absolute atomic E-state index is 0.157. The quantitative estimate of drug-likeness (QED) is 0.589. The summed E-state index contributed by atoms with van der Waals surface area (Å²) in [4.78, 5) is 41.1. The zero-order valence-corrected chi connectivity index (χ0v) is 22.2. The van der Waals surface area contributed by atoms with E-state index in [-0.39, 0.29) is 17.7 Å².